The summed E-state index contributed by atoms with van der Waals surface area (Å²) in [5.74, 6) is 0.323. The molecule has 0 aromatic carbocycles. The maximum absolute atomic E-state index is 11.0. The Morgan fingerprint density at radius 1 is 1.35 bits per heavy atom. The highest BCUT2D eigenvalue weighted by Gasteiger charge is 2.50. The Labute approximate surface area is 140 Å². The van der Waals surface area contributed by atoms with Gasteiger partial charge < -0.3 is 14.6 Å². The van der Waals surface area contributed by atoms with Crippen molar-refractivity contribution in [3.8, 4) is 0 Å². The third kappa shape index (κ3) is 3.62. The van der Waals surface area contributed by atoms with Gasteiger partial charge in [0.25, 0.3) is 0 Å². The number of hydrogen-bond acceptors (Lipinski definition) is 3. The van der Waals surface area contributed by atoms with Gasteiger partial charge in [-0.2, -0.15) is 0 Å². The minimum Gasteiger partial charge on any atom is -0.387 e. The van der Waals surface area contributed by atoms with Crippen molar-refractivity contribution in [2.45, 2.75) is 82.9 Å². The van der Waals surface area contributed by atoms with Crippen LogP contribution in [0.25, 0.3) is 0 Å². The van der Waals surface area contributed by atoms with E-state index in [1.54, 1.807) is 0 Å². The van der Waals surface area contributed by atoms with Crippen LogP contribution in [0.1, 0.15) is 52.9 Å². The first-order valence-electron chi connectivity index (χ1n) is 8.80. The molecule has 0 aromatic rings. The van der Waals surface area contributed by atoms with Crippen molar-refractivity contribution in [3.63, 3.8) is 0 Å². The van der Waals surface area contributed by atoms with E-state index in [1.165, 1.54) is 5.57 Å². The number of rotatable bonds is 1. The first-order valence-corrected chi connectivity index (χ1v) is 8.80. The van der Waals surface area contributed by atoms with Gasteiger partial charge in [0, 0.05) is 12.3 Å². The minimum atomic E-state index is -0.867. The lowest BCUT2D eigenvalue weighted by molar-refractivity contribution is -0.0999. The van der Waals surface area contributed by atoms with E-state index < -0.39 is 5.60 Å². The predicted octanol–water partition coefficient (Wildman–Crippen LogP) is 3.93. The molecule has 0 saturated carbocycles. The van der Waals surface area contributed by atoms with E-state index >= 15 is 0 Å². The van der Waals surface area contributed by atoms with E-state index in [2.05, 4.69) is 33.1 Å². The molecule has 23 heavy (non-hydrogen) atoms. The lowest BCUT2D eigenvalue weighted by Crippen LogP contribution is -2.41. The lowest BCUT2D eigenvalue weighted by Gasteiger charge is -2.29. The fourth-order valence-electron chi connectivity index (χ4n) is 4.10. The molecule has 3 rings (SSSR count). The Bertz CT molecular complexity index is 531. The molecule has 0 spiro atoms. The van der Waals surface area contributed by atoms with E-state index in [0.29, 0.717) is 12.3 Å². The molecule has 0 unspecified atom stereocenters. The first-order chi connectivity index (χ1) is 10.8. The summed E-state index contributed by atoms with van der Waals surface area (Å²) >= 11 is 0. The van der Waals surface area contributed by atoms with Crippen LogP contribution in [0.5, 0.6) is 0 Å². The highest BCUT2D eigenvalue weighted by atomic mass is 16.6. The van der Waals surface area contributed by atoms with Gasteiger partial charge >= 0.3 is 0 Å². The molecule has 3 nitrogen and oxygen atoms in total. The summed E-state index contributed by atoms with van der Waals surface area (Å²) in [6.45, 7) is 14.4. The fraction of sp³-hybridized carbons (Fsp3) is 0.700. The van der Waals surface area contributed by atoms with Gasteiger partial charge in [-0.05, 0) is 52.0 Å². The predicted molar refractivity (Wildman–Crippen MR) is 92.2 cm³/mol. The van der Waals surface area contributed by atoms with Crippen molar-refractivity contribution in [1.29, 1.82) is 0 Å². The Hall–Kier alpha value is -0.900. The van der Waals surface area contributed by atoms with Gasteiger partial charge in [-0.25, -0.2) is 0 Å². The molecule has 3 aliphatic heterocycles. The van der Waals surface area contributed by atoms with Crippen LogP contribution in [0.3, 0.4) is 0 Å². The molecule has 1 N–H and O–H groups in total. The molecule has 0 amide bonds. The highest BCUT2D eigenvalue weighted by Crippen LogP contribution is 2.44. The van der Waals surface area contributed by atoms with Crippen LogP contribution < -0.4 is 0 Å². The normalized spacial score (nSPS) is 46.7. The van der Waals surface area contributed by atoms with Gasteiger partial charge in [0.2, 0.25) is 0 Å². The maximum atomic E-state index is 11.0. The molecular formula is C20H30O3. The van der Waals surface area contributed by atoms with Gasteiger partial charge in [-0.15, -0.1) is 0 Å². The molecule has 2 bridgehead atoms. The van der Waals surface area contributed by atoms with Crippen LogP contribution in [0.2, 0.25) is 0 Å². The SMILES string of the molecule is C=C(C)[C@H]1C[C@H]2O[C@H]1C/C(C)=C/CCC(=C)[C@@H]1O[C@H]1C[C@]2(C)O. The summed E-state index contributed by atoms with van der Waals surface area (Å²) in [6, 6.07) is 0. The third-order valence-electron chi connectivity index (χ3n) is 5.66. The molecule has 0 aromatic heterocycles. The van der Waals surface area contributed by atoms with E-state index in [4.69, 9.17) is 9.47 Å². The first kappa shape index (κ1) is 16.9. The summed E-state index contributed by atoms with van der Waals surface area (Å²) < 4.78 is 12.1. The summed E-state index contributed by atoms with van der Waals surface area (Å²) in [5.41, 5.74) is 2.79. The second-order valence-electron chi connectivity index (χ2n) is 7.96. The molecule has 2 fully saturated rings. The number of aliphatic hydroxyl groups is 1. The summed E-state index contributed by atoms with van der Waals surface area (Å²) in [4.78, 5) is 0. The maximum Gasteiger partial charge on any atom is 0.105 e. The second kappa shape index (κ2) is 6.19. The Kier molecular flexibility index (Phi) is 4.56. The zero-order valence-electron chi connectivity index (χ0n) is 14.7. The average Bonchev–Trinajstić information content (AvgIpc) is 3.05. The highest BCUT2D eigenvalue weighted by molar-refractivity contribution is 5.17. The number of hydrogen-bond donors (Lipinski definition) is 1. The number of ether oxygens (including phenoxy) is 2. The minimum absolute atomic E-state index is 0.0919. The van der Waals surface area contributed by atoms with Crippen LogP contribution in [0.15, 0.2) is 36.0 Å². The van der Waals surface area contributed by atoms with Crippen molar-refractivity contribution in [3.05, 3.63) is 36.0 Å². The molecule has 2 saturated heterocycles. The summed E-state index contributed by atoms with van der Waals surface area (Å²) in [5, 5.41) is 11.0. The molecule has 0 aliphatic carbocycles. The standard InChI is InChI=1S/C20H30O3/c1-12(2)15-10-18-20(5,21)11-17-19(23-17)14(4)8-6-7-13(3)9-16(15)22-18/h7,15-19,21H,1,4,6,8-11H2,2-3,5H3/b13-7+/t15-,16+,17+,18-,19+,20+/m1/s1. The van der Waals surface area contributed by atoms with Gasteiger partial charge in [0.1, 0.15) is 6.10 Å². The molecule has 3 heteroatoms. The number of fused-ring (bicyclic) bond motifs is 3. The van der Waals surface area contributed by atoms with Crippen molar-refractivity contribution >= 4 is 0 Å². The van der Waals surface area contributed by atoms with Crippen molar-refractivity contribution < 1.29 is 14.6 Å². The van der Waals surface area contributed by atoms with E-state index in [1.807, 2.05) is 6.92 Å². The molecule has 128 valence electrons. The zero-order valence-corrected chi connectivity index (χ0v) is 14.7. The molecule has 0 radical (unpaired) electrons. The Morgan fingerprint density at radius 2 is 2.09 bits per heavy atom. The van der Waals surface area contributed by atoms with Crippen LogP contribution in [-0.4, -0.2) is 35.1 Å². The molecule has 3 heterocycles. The third-order valence-corrected chi connectivity index (χ3v) is 5.66. The second-order valence-corrected chi connectivity index (χ2v) is 7.96. The van der Waals surface area contributed by atoms with E-state index in [9.17, 15) is 5.11 Å². The average molecular weight is 318 g/mol. The lowest BCUT2D eigenvalue weighted by atomic mass is 9.83. The Balaban J connectivity index is 1.83. The number of allylic oxidation sites excluding steroid dienone is 1. The Morgan fingerprint density at radius 3 is 2.78 bits per heavy atom. The van der Waals surface area contributed by atoms with Crippen LogP contribution in [0, 0.1) is 5.92 Å². The zero-order chi connectivity index (χ0) is 16.8. The van der Waals surface area contributed by atoms with Crippen LogP contribution in [-0.2, 0) is 9.47 Å². The topological polar surface area (TPSA) is 42.0 Å². The summed E-state index contributed by atoms with van der Waals surface area (Å²) in [7, 11) is 0. The monoisotopic (exact) mass is 318 g/mol. The van der Waals surface area contributed by atoms with Crippen molar-refractivity contribution in [1.82, 2.24) is 0 Å². The quantitative estimate of drug-likeness (QED) is 0.588. The van der Waals surface area contributed by atoms with E-state index in [0.717, 1.165) is 36.8 Å². The van der Waals surface area contributed by atoms with Crippen molar-refractivity contribution in [2.24, 2.45) is 5.92 Å². The molecule has 3 aliphatic rings. The number of epoxide rings is 1. The van der Waals surface area contributed by atoms with Gasteiger partial charge in [-0.3, -0.25) is 0 Å². The van der Waals surface area contributed by atoms with Crippen LogP contribution >= 0.6 is 0 Å². The largest absolute Gasteiger partial charge is 0.387 e. The summed E-state index contributed by atoms with van der Waals surface area (Å²) in [6.07, 6.45) is 6.81. The van der Waals surface area contributed by atoms with Crippen molar-refractivity contribution in [2.75, 3.05) is 0 Å². The van der Waals surface area contributed by atoms with Gasteiger partial charge in [-0.1, -0.05) is 30.4 Å². The van der Waals surface area contributed by atoms with Gasteiger partial charge in [0.15, 0.2) is 0 Å². The van der Waals surface area contributed by atoms with Crippen LogP contribution in [0.4, 0.5) is 0 Å². The van der Waals surface area contributed by atoms with Gasteiger partial charge in [0.05, 0.1) is 23.9 Å². The van der Waals surface area contributed by atoms with E-state index in [-0.39, 0.29) is 24.4 Å². The molecular weight excluding hydrogens is 288 g/mol. The smallest absolute Gasteiger partial charge is 0.105 e. The molecule has 6 atom stereocenters. The fourth-order valence-corrected chi connectivity index (χ4v) is 4.10.